The average Bonchev–Trinajstić information content (AvgIpc) is 2.68. The molecular formula is C18H20N4O4. The first-order valence-corrected chi connectivity index (χ1v) is 8.27. The lowest BCUT2D eigenvalue weighted by atomic mass is 10.2. The van der Waals surface area contributed by atoms with Gasteiger partial charge in [0.05, 0.1) is 17.7 Å². The summed E-state index contributed by atoms with van der Waals surface area (Å²) in [5, 5.41) is 13.6. The smallest absolute Gasteiger partial charge is 0.322 e. The van der Waals surface area contributed by atoms with Crippen molar-refractivity contribution in [3.63, 3.8) is 0 Å². The molecule has 2 aromatic carbocycles. The molecule has 0 aromatic heterocycles. The summed E-state index contributed by atoms with van der Waals surface area (Å²) in [7, 11) is 1.56. The molecule has 0 unspecified atom stereocenters. The van der Waals surface area contributed by atoms with Gasteiger partial charge in [-0.05, 0) is 24.3 Å². The molecule has 1 aliphatic heterocycles. The molecule has 1 saturated heterocycles. The van der Waals surface area contributed by atoms with E-state index in [4.69, 9.17) is 4.74 Å². The van der Waals surface area contributed by atoms with Gasteiger partial charge in [-0.1, -0.05) is 12.1 Å². The number of nitrogens with zero attached hydrogens (tertiary/aromatic N) is 3. The van der Waals surface area contributed by atoms with Crippen molar-refractivity contribution in [2.45, 2.75) is 0 Å². The normalized spacial score (nSPS) is 14.0. The number of ether oxygens (including phenoxy) is 1. The van der Waals surface area contributed by atoms with Crippen LogP contribution in [0.5, 0.6) is 5.75 Å². The minimum atomic E-state index is -0.413. The van der Waals surface area contributed by atoms with Crippen molar-refractivity contribution in [2.75, 3.05) is 43.5 Å². The number of hydrogen-bond donors (Lipinski definition) is 1. The Morgan fingerprint density at radius 3 is 2.35 bits per heavy atom. The lowest BCUT2D eigenvalue weighted by Crippen LogP contribution is -2.50. The minimum Gasteiger partial charge on any atom is -0.495 e. The first-order valence-electron chi connectivity index (χ1n) is 8.27. The molecule has 0 radical (unpaired) electrons. The number of piperazine rings is 1. The zero-order valence-electron chi connectivity index (χ0n) is 14.4. The number of hydrogen-bond acceptors (Lipinski definition) is 5. The molecule has 1 heterocycles. The second-order valence-electron chi connectivity index (χ2n) is 5.88. The van der Waals surface area contributed by atoms with E-state index in [-0.39, 0.29) is 11.7 Å². The Hall–Kier alpha value is -3.29. The van der Waals surface area contributed by atoms with Gasteiger partial charge in [0.2, 0.25) is 0 Å². The maximum Gasteiger partial charge on any atom is 0.322 e. The number of carbonyl (C=O) groups is 1. The van der Waals surface area contributed by atoms with Gasteiger partial charge >= 0.3 is 6.03 Å². The van der Waals surface area contributed by atoms with Crippen molar-refractivity contribution in [3.8, 4) is 5.75 Å². The Kier molecular flexibility index (Phi) is 5.21. The highest BCUT2D eigenvalue weighted by Gasteiger charge is 2.22. The fraction of sp³-hybridized carbons (Fsp3) is 0.278. The van der Waals surface area contributed by atoms with E-state index in [2.05, 4.69) is 10.2 Å². The van der Waals surface area contributed by atoms with Gasteiger partial charge in [0, 0.05) is 44.0 Å². The zero-order valence-corrected chi connectivity index (χ0v) is 14.4. The molecule has 3 rings (SSSR count). The van der Waals surface area contributed by atoms with Gasteiger partial charge in [0.15, 0.2) is 0 Å². The Bertz CT molecular complexity index is 786. The van der Waals surface area contributed by atoms with Crippen LogP contribution in [0, 0.1) is 10.1 Å². The monoisotopic (exact) mass is 356 g/mol. The number of nitro groups is 1. The summed E-state index contributed by atoms with van der Waals surface area (Å²) in [5.74, 6) is 0.616. The van der Waals surface area contributed by atoms with E-state index in [9.17, 15) is 14.9 Å². The van der Waals surface area contributed by atoms with Crippen LogP contribution in [0.4, 0.5) is 21.9 Å². The average molecular weight is 356 g/mol. The molecule has 1 aliphatic rings. The van der Waals surface area contributed by atoms with Crippen molar-refractivity contribution in [1.82, 2.24) is 4.90 Å². The van der Waals surface area contributed by atoms with E-state index in [1.54, 1.807) is 36.3 Å². The predicted octanol–water partition coefficient (Wildman–Crippen LogP) is 2.96. The molecule has 2 aromatic rings. The fourth-order valence-corrected chi connectivity index (χ4v) is 2.90. The summed E-state index contributed by atoms with van der Waals surface area (Å²) >= 11 is 0. The summed E-state index contributed by atoms with van der Waals surface area (Å²) in [4.78, 5) is 26.6. The second-order valence-corrected chi connectivity index (χ2v) is 5.88. The largest absolute Gasteiger partial charge is 0.495 e. The fourth-order valence-electron chi connectivity index (χ4n) is 2.90. The molecule has 26 heavy (non-hydrogen) atoms. The topological polar surface area (TPSA) is 88.0 Å². The number of para-hydroxylation sites is 2. The summed E-state index contributed by atoms with van der Waals surface area (Å²) in [6.45, 7) is 2.46. The molecule has 0 aliphatic carbocycles. The zero-order chi connectivity index (χ0) is 18.5. The van der Waals surface area contributed by atoms with Crippen LogP contribution >= 0.6 is 0 Å². The highest BCUT2D eigenvalue weighted by molar-refractivity contribution is 5.91. The summed E-state index contributed by atoms with van der Waals surface area (Å²) in [5.41, 5.74) is 1.63. The van der Waals surface area contributed by atoms with Crippen molar-refractivity contribution in [3.05, 3.63) is 58.6 Å². The molecule has 0 spiro atoms. The Morgan fingerprint density at radius 1 is 1.08 bits per heavy atom. The third-order valence-corrected chi connectivity index (χ3v) is 4.34. The van der Waals surface area contributed by atoms with Crippen LogP contribution in [-0.4, -0.2) is 49.1 Å². The SMILES string of the molecule is COc1ccccc1NC(=O)N1CCN(c2ccc([N+](=O)[O-])cc2)CC1. The van der Waals surface area contributed by atoms with Crippen molar-refractivity contribution < 1.29 is 14.5 Å². The standard InChI is InChI=1S/C18H20N4O4/c1-26-17-5-3-2-4-16(17)19-18(23)21-12-10-20(11-13-21)14-6-8-15(9-7-14)22(24)25/h2-9H,10-13H2,1H3,(H,19,23). The number of amides is 2. The quantitative estimate of drug-likeness (QED) is 0.672. The highest BCUT2D eigenvalue weighted by Crippen LogP contribution is 2.24. The van der Waals surface area contributed by atoms with Crippen LogP contribution < -0.4 is 15.0 Å². The molecule has 0 atom stereocenters. The maximum absolute atomic E-state index is 12.5. The molecule has 8 nitrogen and oxygen atoms in total. The van der Waals surface area contributed by atoms with Crippen LogP contribution in [0.1, 0.15) is 0 Å². The first-order chi connectivity index (χ1) is 12.6. The number of non-ortho nitro benzene ring substituents is 1. The number of benzene rings is 2. The van der Waals surface area contributed by atoms with Gasteiger partial charge in [0.25, 0.3) is 5.69 Å². The number of carbonyl (C=O) groups excluding carboxylic acids is 1. The van der Waals surface area contributed by atoms with Gasteiger partial charge in [-0.2, -0.15) is 0 Å². The highest BCUT2D eigenvalue weighted by atomic mass is 16.6. The van der Waals surface area contributed by atoms with Crippen LogP contribution in [0.25, 0.3) is 0 Å². The van der Waals surface area contributed by atoms with E-state index in [0.29, 0.717) is 37.6 Å². The lowest BCUT2D eigenvalue weighted by molar-refractivity contribution is -0.384. The predicted molar refractivity (Wildman–Crippen MR) is 98.9 cm³/mol. The van der Waals surface area contributed by atoms with Crippen LogP contribution in [-0.2, 0) is 0 Å². The Labute approximate surface area is 151 Å². The van der Waals surface area contributed by atoms with E-state index < -0.39 is 4.92 Å². The number of methoxy groups -OCH3 is 1. The second kappa shape index (κ2) is 7.73. The van der Waals surface area contributed by atoms with Gasteiger partial charge < -0.3 is 19.9 Å². The molecule has 0 bridgehead atoms. The number of rotatable bonds is 4. The molecular weight excluding hydrogens is 336 g/mol. The summed E-state index contributed by atoms with van der Waals surface area (Å²) < 4.78 is 5.25. The van der Waals surface area contributed by atoms with E-state index >= 15 is 0 Å². The van der Waals surface area contributed by atoms with E-state index in [1.807, 2.05) is 12.1 Å². The molecule has 2 amide bonds. The van der Waals surface area contributed by atoms with Crippen LogP contribution in [0.3, 0.4) is 0 Å². The number of nitro benzene ring substituents is 1. The third-order valence-electron chi connectivity index (χ3n) is 4.34. The number of urea groups is 1. The van der Waals surface area contributed by atoms with Gasteiger partial charge in [-0.3, -0.25) is 10.1 Å². The molecule has 1 N–H and O–H groups in total. The maximum atomic E-state index is 12.5. The summed E-state index contributed by atoms with van der Waals surface area (Å²) in [6, 6.07) is 13.6. The summed E-state index contributed by atoms with van der Waals surface area (Å²) in [6.07, 6.45) is 0. The molecule has 0 saturated carbocycles. The third kappa shape index (κ3) is 3.85. The van der Waals surface area contributed by atoms with E-state index in [0.717, 1.165) is 5.69 Å². The van der Waals surface area contributed by atoms with Gasteiger partial charge in [0.1, 0.15) is 5.75 Å². The Morgan fingerprint density at radius 2 is 1.73 bits per heavy atom. The first kappa shape index (κ1) is 17.5. The van der Waals surface area contributed by atoms with Crippen molar-refractivity contribution in [1.29, 1.82) is 0 Å². The van der Waals surface area contributed by atoms with Crippen LogP contribution in [0.15, 0.2) is 48.5 Å². The van der Waals surface area contributed by atoms with Crippen LogP contribution in [0.2, 0.25) is 0 Å². The molecule has 136 valence electrons. The number of anilines is 2. The minimum absolute atomic E-state index is 0.0728. The molecule has 1 fully saturated rings. The van der Waals surface area contributed by atoms with Crippen molar-refractivity contribution in [2.24, 2.45) is 0 Å². The van der Waals surface area contributed by atoms with Gasteiger partial charge in [-0.25, -0.2) is 4.79 Å². The Balaban J connectivity index is 1.57. The van der Waals surface area contributed by atoms with Crippen molar-refractivity contribution >= 4 is 23.1 Å². The lowest BCUT2D eigenvalue weighted by Gasteiger charge is -2.36. The number of nitrogens with one attached hydrogen (secondary N) is 1. The molecule has 8 heteroatoms. The van der Waals surface area contributed by atoms with E-state index in [1.165, 1.54) is 12.1 Å². The van der Waals surface area contributed by atoms with Gasteiger partial charge in [-0.15, -0.1) is 0 Å².